The Labute approximate surface area is 154 Å². The standard InChI is InChI=1S/C16H12BrF3N2O4/c17-13-6-3-11(7-14(13)22(24)25)15(23)21-8-10-1-4-12(5-2-10)26-9-16(18,19)20/h1-7H,8-9H2,(H,21,23). The predicted octanol–water partition coefficient (Wildman–Crippen LogP) is 4.23. The lowest BCUT2D eigenvalue weighted by molar-refractivity contribution is -0.385. The van der Waals surface area contributed by atoms with Gasteiger partial charge in [-0.3, -0.25) is 14.9 Å². The molecule has 0 unspecified atom stereocenters. The van der Waals surface area contributed by atoms with Crippen LogP contribution >= 0.6 is 15.9 Å². The monoisotopic (exact) mass is 432 g/mol. The number of nitrogens with one attached hydrogen (secondary N) is 1. The van der Waals surface area contributed by atoms with Gasteiger partial charge in [0.05, 0.1) is 9.40 Å². The third-order valence-electron chi connectivity index (χ3n) is 3.18. The van der Waals surface area contributed by atoms with Crippen LogP contribution < -0.4 is 10.1 Å². The number of ether oxygens (including phenoxy) is 1. The van der Waals surface area contributed by atoms with Crippen LogP contribution in [0.1, 0.15) is 15.9 Å². The minimum Gasteiger partial charge on any atom is -0.484 e. The van der Waals surface area contributed by atoms with Crippen LogP contribution in [-0.4, -0.2) is 23.6 Å². The third kappa shape index (κ3) is 5.73. The lowest BCUT2D eigenvalue weighted by Gasteiger charge is -2.10. The van der Waals surface area contributed by atoms with Crippen LogP contribution in [0.15, 0.2) is 46.9 Å². The zero-order valence-corrected chi connectivity index (χ0v) is 14.6. The molecule has 0 bridgehead atoms. The zero-order valence-electron chi connectivity index (χ0n) is 13.0. The molecule has 0 spiro atoms. The second-order valence-electron chi connectivity index (χ2n) is 5.15. The average Bonchev–Trinajstić information content (AvgIpc) is 2.58. The summed E-state index contributed by atoms with van der Waals surface area (Å²) in [5.74, 6) is -0.459. The number of amides is 1. The Morgan fingerprint density at radius 2 is 1.85 bits per heavy atom. The molecule has 0 heterocycles. The van der Waals surface area contributed by atoms with Crippen LogP contribution in [0.2, 0.25) is 0 Å². The number of benzene rings is 2. The van der Waals surface area contributed by atoms with E-state index in [1.54, 1.807) is 0 Å². The SMILES string of the molecule is O=C(NCc1ccc(OCC(F)(F)F)cc1)c1ccc(Br)c([N+](=O)[O-])c1. The average molecular weight is 433 g/mol. The number of carbonyl (C=O) groups is 1. The first-order valence-electron chi connectivity index (χ1n) is 7.16. The van der Waals surface area contributed by atoms with Crippen molar-refractivity contribution in [2.75, 3.05) is 6.61 Å². The van der Waals surface area contributed by atoms with Crippen LogP contribution in [0.25, 0.3) is 0 Å². The molecule has 1 N–H and O–H groups in total. The minimum absolute atomic E-state index is 0.0564. The summed E-state index contributed by atoms with van der Waals surface area (Å²) in [5, 5.41) is 13.5. The smallest absolute Gasteiger partial charge is 0.422 e. The molecule has 0 aliphatic carbocycles. The molecule has 0 saturated heterocycles. The Bertz CT molecular complexity index is 810. The van der Waals surface area contributed by atoms with Gasteiger partial charge >= 0.3 is 6.18 Å². The summed E-state index contributed by atoms with van der Waals surface area (Å²) in [6.07, 6.45) is -4.42. The first kappa shape index (κ1) is 19.7. The number of alkyl halides is 3. The quantitative estimate of drug-likeness (QED) is 0.546. The first-order valence-corrected chi connectivity index (χ1v) is 7.95. The molecule has 26 heavy (non-hydrogen) atoms. The van der Waals surface area contributed by atoms with Crippen LogP contribution in [0.5, 0.6) is 5.75 Å². The van der Waals surface area contributed by atoms with Crippen molar-refractivity contribution >= 4 is 27.5 Å². The van der Waals surface area contributed by atoms with Crippen LogP contribution in [0.3, 0.4) is 0 Å². The van der Waals surface area contributed by atoms with E-state index in [1.807, 2.05) is 0 Å². The number of rotatable bonds is 6. The maximum atomic E-state index is 12.1. The minimum atomic E-state index is -4.42. The van der Waals surface area contributed by atoms with Gasteiger partial charge in [0.25, 0.3) is 11.6 Å². The molecule has 0 aliphatic heterocycles. The number of hydrogen-bond donors (Lipinski definition) is 1. The molecule has 6 nitrogen and oxygen atoms in total. The van der Waals surface area contributed by atoms with Crippen molar-refractivity contribution in [3.8, 4) is 5.75 Å². The van der Waals surface area contributed by atoms with Crippen molar-refractivity contribution in [3.63, 3.8) is 0 Å². The normalized spacial score (nSPS) is 11.1. The summed E-state index contributed by atoms with van der Waals surface area (Å²) >= 11 is 3.03. The largest absolute Gasteiger partial charge is 0.484 e. The van der Waals surface area contributed by atoms with E-state index in [9.17, 15) is 28.1 Å². The fourth-order valence-electron chi connectivity index (χ4n) is 1.95. The van der Waals surface area contributed by atoms with E-state index in [4.69, 9.17) is 0 Å². The molecule has 138 valence electrons. The predicted molar refractivity (Wildman–Crippen MR) is 90.0 cm³/mol. The van der Waals surface area contributed by atoms with Crippen LogP contribution in [0.4, 0.5) is 18.9 Å². The zero-order chi connectivity index (χ0) is 19.3. The highest BCUT2D eigenvalue weighted by molar-refractivity contribution is 9.10. The summed E-state index contributed by atoms with van der Waals surface area (Å²) in [7, 11) is 0. The summed E-state index contributed by atoms with van der Waals surface area (Å²) < 4.78 is 41.1. The number of carbonyl (C=O) groups excluding carboxylic acids is 1. The number of hydrogen-bond acceptors (Lipinski definition) is 4. The molecule has 10 heteroatoms. The molecule has 0 fully saturated rings. The van der Waals surface area contributed by atoms with Crippen LogP contribution in [-0.2, 0) is 6.54 Å². The lowest BCUT2D eigenvalue weighted by atomic mass is 10.1. The van der Waals surface area contributed by atoms with E-state index in [2.05, 4.69) is 26.0 Å². The maximum Gasteiger partial charge on any atom is 0.422 e. The molecule has 2 aromatic rings. The van der Waals surface area contributed by atoms with E-state index in [0.717, 1.165) is 6.07 Å². The first-order chi connectivity index (χ1) is 12.2. The van der Waals surface area contributed by atoms with Crippen molar-refractivity contribution in [1.29, 1.82) is 0 Å². The van der Waals surface area contributed by atoms with Crippen LogP contribution in [0, 0.1) is 10.1 Å². The highest BCUT2D eigenvalue weighted by Gasteiger charge is 2.28. The fraction of sp³-hybridized carbons (Fsp3) is 0.188. The topological polar surface area (TPSA) is 81.5 Å². The molecule has 0 atom stereocenters. The highest BCUT2D eigenvalue weighted by Crippen LogP contribution is 2.25. The van der Waals surface area contributed by atoms with Gasteiger partial charge in [0, 0.05) is 18.2 Å². The van der Waals surface area contributed by atoms with Gasteiger partial charge in [-0.2, -0.15) is 13.2 Å². The summed E-state index contributed by atoms with van der Waals surface area (Å²) in [4.78, 5) is 22.4. The number of nitrogens with zero attached hydrogens (tertiary/aromatic N) is 1. The van der Waals surface area contributed by atoms with E-state index >= 15 is 0 Å². The lowest BCUT2D eigenvalue weighted by Crippen LogP contribution is -2.23. The molecule has 0 saturated carbocycles. The second-order valence-corrected chi connectivity index (χ2v) is 6.01. The van der Waals surface area contributed by atoms with E-state index in [1.165, 1.54) is 36.4 Å². The molecule has 2 rings (SSSR count). The van der Waals surface area contributed by atoms with Crippen molar-refractivity contribution < 1.29 is 27.6 Å². The molecule has 0 radical (unpaired) electrons. The van der Waals surface area contributed by atoms with Crippen molar-refractivity contribution in [3.05, 3.63) is 68.2 Å². The van der Waals surface area contributed by atoms with Gasteiger partial charge in [-0.15, -0.1) is 0 Å². The molecule has 0 aromatic heterocycles. The molecule has 0 aliphatic rings. The number of nitro benzene ring substituents is 1. The Kier molecular flexibility index (Phi) is 6.19. The van der Waals surface area contributed by atoms with Gasteiger partial charge < -0.3 is 10.1 Å². The van der Waals surface area contributed by atoms with Gasteiger partial charge in [0.1, 0.15) is 5.75 Å². The molecular weight excluding hydrogens is 421 g/mol. The summed E-state index contributed by atoms with van der Waals surface area (Å²) in [6.45, 7) is -1.28. The van der Waals surface area contributed by atoms with Crippen molar-refractivity contribution in [2.24, 2.45) is 0 Å². The van der Waals surface area contributed by atoms with E-state index in [0.29, 0.717) is 5.56 Å². The Morgan fingerprint density at radius 3 is 2.42 bits per heavy atom. The summed E-state index contributed by atoms with van der Waals surface area (Å²) in [5.41, 5.74) is 0.512. The Morgan fingerprint density at radius 1 is 1.19 bits per heavy atom. The van der Waals surface area contributed by atoms with Gasteiger partial charge in [-0.1, -0.05) is 12.1 Å². The second kappa shape index (κ2) is 8.17. The highest BCUT2D eigenvalue weighted by atomic mass is 79.9. The van der Waals surface area contributed by atoms with E-state index in [-0.39, 0.29) is 28.0 Å². The summed E-state index contributed by atoms with van der Waals surface area (Å²) in [6, 6.07) is 9.72. The molecular formula is C16H12BrF3N2O4. The Balaban J connectivity index is 1.95. The number of nitro groups is 1. The Hall–Kier alpha value is -2.62. The molecule has 1 amide bonds. The van der Waals surface area contributed by atoms with Crippen molar-refractivity contribution in [2.45, 2.75) is 12.7 Å². The van der Waals surface area contributed by atoms with E-state index < -0.39 is 23.6 Å². The van der Waals surface area contributed by atoms with Gasteiger partial charge in [0.2, 0.25) is 0 Å². The molecule has 2 aromatic carbocycles. The van der Waals surface area contributed by atoms with Gasteiger partial charge in [-0.05, 0) is 45.8 Å². The van der Waals surface area contributed by atoms with Gasteiger partial charge in [-0.25, -0.2) is 0 Å². The maximum absolute atomic E-state index is 12.1. The van der Waals surface area contributed by atoms with Gasteiger partial charge in [0.15, 0.2) is 6.61 Å². The van der Waals surface area contributed by atoms with Crippen molar-refractivity contribution in [1.82, 2.24) is 5.32 Å². The number of halogens is 4. The third-order valence-corrected chi connectivity index (χ3v) is 3.85. The fourth-order valence-corrected chi connectivity index (χ4v) is 2.34.